The summed E-state index contributed by atoms with van der Waals surface area (Å²) >= 11 is 5.94. The van der Waals surface area contributed by atoms with Gasteiger partial charge in [0.25, 0.3) is 0 Å². The lowest BCUT2D eigenvalue weighted by Gasteiger charge is -2.23. The monoisotopic (exact) mass is 775 g/mol. The minimum atomic E-state index is -3.69. The molecule has 288 valence electrons. The number of hydrogen-bond donors (Lipinski definition) is 1. The molecule has 1 aliphatic rings. The van der Waals surface area contributed by atoms with Crippen LogP contribution in [0.5, 0.6) is 5.75 Å². The summed E-state index contributed by atoms with van der Waals surface area (Å²) < 4.78 is 42.6. The summed E-state index contributed by atoms with van der Waals surface area (Å²) in [5.74, 6) is 0.660. The van der Waals surface area contributed by atoms with Crippen LogP contribution < -0.4 is 4.74 Å². The van der Waals surface area contributed by atoms with E-state index in [0.717, 1.165) is 56.2 Å². The molecule has 0 atom stereocenters. The van der Waals surface area contributed by atoms with E-state index in [1.54, 1.807) is 6.92 Å². The maximum Gasteiger partial charge on any atom is 0.355 e. The van der Waals surface area contributed by atoms with Crippen LogP contribution in [0.4, 0.5) is 0 Å². The standard InChI is InChI=1S/C41H50ClN5O6S/c1-4-35-38(34(44-45(35)3)28-47(54(50,51)27-12-22-42)25-13-24-46-23-10-21-37(46)48)33-18-9-17-31-32(40(43-39(31)33)41(49)52-5-2)19-11-26-53-36-20-8-15-29-14-6-7-16-30(29)36/h6-9,14-18,20,43H,4-5,10-13,19,21-28H2,1-3H3. The molecule has 54 heavy (non-hydrogen) atoms. The zero-order valence-electron chi connectivity index (χ0n) is 31.4. The maximum atomic E-state index is 13.8. The third-order valence-electron chi connectivity index (χ3n) is 10.1. The summed E-state index contributed by atoms with van der Waals surface area (Å²) in [5.41, 5.74) is 5.23. The number of ether oxygens (including phenoxy) is 2. The highest BCUT2D eigenvalue weighted by Crippen LogP contribution is 2.37. The molecule has 5 aromatic rings. The second-order valence-electron chi connectivity index (χ2n) is 13.6. The van der Waals surface area contributed by atoms with Gasteiger partial charge < -0.3 is 19.4 Å². The van der Waals surface area contributed by atoms with E-state index in [4.69, 9.17) is 26.2 Å². The van der Waals surface area contributed by atoms with Crippen molar-refractivity contribution >= 4 is 55.2 Å². The molecule has 2 aromatic heterocycles. The molecule has 0 bridgehead atoms. The van der Waals surface area contributed by atoms with Crippen molar-refractivity contribution in [3.05, 3.63) is 83.3 Å². The number of halogens is 1. The number of para-hydroxylation sites is 1. The largest absolute Gasteiger partial charge is 0.493 e. The number of aromatic nitrogens is 3. The minimum Gasteiger partial charge on any atom is -0.493 e. The first-order chi connectivity index (χ1) is 26.2. The maximum absolute atomic E-state index is 13.8. The van der Waals surface area contributed by atoms with E-state index in [1.165, 1.54) is 4.31 Å². The summed E-state index contributed by atoms with van der Waals surface area (Å²) in [6.45, 7) is 6.03. The number of aromatic amines is 1. The number of aryl methyl sites for hydroxylation is 2. The molecule has 13 heteroatoms. The van der Waals surface area contributed by atoms with Crippen molar-refractivity contribution in [3.63, 3.8) is 0 Å². The van der Waals surface area contributed by atoms with Crippen LogP contribution in [0.2, 0.25) is 0 Å². The van der Waals surface area contributed by atoms with Gasteiger partial charge in [0, 0.05) is 66.6 Å². The van der Waals surface area contributed by atoms with E-state index < -0.39 is 16.0 Å². The quantitative estimate of drug-likeness (QED) is 0.0532. The lowest BCUT2D eigenvalue weighted by Crippen LogP contribution is -2.36. The molecule has 1 amide bonds. The van der Waals surface area contributed by atoms with Gasteiger partial charge in [-0.3, -0.25) is 9.48 Å². The van der Waals surface area contributed by atoms with Crippen LogP contribution in [-0.2, 0) is 46.0 Å². The molecular weight excluding hydrogens is 726 g/mol. The summed E-state index contributed by atoms with van der Waals surface area (Å²) in [6.07, 6.45) is 4.08. The van der Waals surface area contributed by atoms with Gasteiger partial charge in [0.1, 0.15) is 11.4 Å². The fourth-order valence-corrected chi connectivity index (χ4v) is 9.33. The molecular formula is C41H50ClN5O6S. The van der Waals surface area contributed by atoms with Gasteiger partial charge >= 0.3 is 5.97 Å². The Morgan fingerprint density at radius 1 is 1.02 bits per heavy atom. The van der Waals surface area contributed by atoms with Crippen LogP contribution in [0.1, 0.15) is 73.4 Å². The Bertz CT molecular complexity index is 2210. The molecule has 0 aliphatic carbocycles. The van der Waals surface area contributed by atoms with E-state index in [0.29, 0.717) is 69.6 Å². The van der Waals surface area contributed by atoms with Crippen LogP contribution in [0.15, 0.2) is 60.7 Å². The molecule has 0 saturated carbocycles. The Hall–Kier alpha value is -4.39. The summed E-state index contributed by atoms with van der Waals surface area (Å²) in [4.78, 5) is 30.9. The molecule has 1 saturated heterocycles. The fraction of sp³-hybridized carbons (Fsp3) is 0.439. The van der Waals surface area contributed by atoms with Gasteiger partial charge in [-0.15, -0.1) is 11.6 Å². The van der Waals surface area contributed by atoms with Crippen LogP contribution in [-0.4, -0.2) is 88.7 Å². The van der Waals surface area contributed by atoms with Crippen LogP contribution in [0.25, 0.3) is 32.8 Å². The lowest BCUT2D eigenvalue weighted by molar-refractivity contribution is -0.127. The minimum absolute atomic E-state index is 0.0575. The summed E-state index contributed by atoms with van der Waals surface area (Å²) in [6, 6.07) is 20.1. The van der Waals surface area contributed by atoms with Crippen molar-refractivity contribution in [3.8, 4) is 16.9 Å². The van der Waals surface area contributed by atoms with Crippen molar-refractivity contribution in [1.82, 2.24) is 24.0 Å². The number of alkyl halides is 1. The molecule has 0 spiro atoms. The number of sulfonamides is 1. The van der Waals surface area contributed by atoms with Gasteiger partial charge in [0.2, 0.25) is 15.9 Å². The molecule has 1 N–H and O–H groups in total. The molecule has 0 unspecified atom stereocenters. The normalized spacial score (nSPS) is 13.5. The second kappa shape index (κ2) is 17.8. The Balaban J connectivity index is 1.33. The number of nitrogens with one attached hydrogen (secondary N) is 1. The molecule has 3 heterocycles. The molecule has 6 rings (SSSR count). The van der Waals surface area contributed by atoms with Crippen LogP contribution >= 0.6 is 11.6 Å². The molecule has 11 nitrogen and oxygen atoms in total. The first-order valence-electron chi connectivity index (χ1n) is 18.9. The number of rotatable bonds is 19. The molecule has 0 radical (unpaired) electrons. The predicted octanol–water partition coefficient (Wildman–Crippen LogP) is 7.25. The van der Waals surface area contributed by atoms with Gasteiger partial charge in [-0.25, -0.2) is 13.2 Å². The van der Waals surface area contributed by atoms with Gasteiger partial charge in [0.15, 0.2) is 0 Å². The Kier molecular flexibility index (Phi) is 13.0. The number of H-pyrrole nitrogens is 1. The Morgan fingerprint density at radius 3 is 2.56 bits per heavy atom. The van der Waals surface area contributed by atoms with Gasteiger partial charge in [-0.05, 0) is 62.5 Å². The number of nitrogens with zero attached hydrogens (tertiary/aromatic N) is 4. The summed E-state index contributed by atoms with van der Waals surface area (Å²) in [7, 11) is -1.82. The summed E-state index contributed by atoms with van der Waals surface area (Å²) in [5, 5.41) is 7.95. The highest BCUT2D eigenvalue weighted by molar-refractivity contribution is 7.89. The zero-order valence-corrected chi connectivity index (χ0v) is 33.0. The van der Waals surface area contributed by atoms with Crippen LogP contribution in [0.3, 0.4) is 0 Å². The number of hydrogen-bond acceptors (Lipinski definition) is 7. The van der Waals surface area contributed by atoms with E-state index >= 15 is 0 Å². The number of esters is 1. The third kappa shape index (κ3) is 8.61. The van der Waals surface area contributed by atoms with E-state index in [2.05, 4.69) is 17.1 Å². The Morgan fingerprint density at radius 2 is 1.80 bits per heavy atom. The Labute approximate surface area is 322 Å². The highest BCUT2D eigenvalue weighted by atomic mass is 35.5. The number of carbonyl (C=O) groups is 2. The third-order valence-corrected chi connectivity index (χ3v) is 12.3. The van der Waals surface area contributed by atoms with Crippen molar-refractivity contribution in [1.29, 1.82) is 0 Å². The predicted molar refractivity (Wildman–Crippen MR) is 214 cm³/mol. The van der Waals surface area contributed by atoms with Gasteiger partial charge in [-0.2, -0.15) is 9.40 Å². The topological polar surface area (TPSA) is 127 Å². The van der Waals surface area contributed by atoms with E-state index in [9.17, 15) is 18.0 Å². The van der Waals surface area contributed by atoms with E-state index in [1.807, 2.05) is 72.1 Å². The number of carbonyl (C=O) groups excluding carboxylic acids is 2. The SMILES string of the molecule is CCOC(=O)c1[nH]c2c(-c3c(CN(CCCN4CCCC4=O)S(=O)(=O)CCCCl)nn(C)c3CC)cccc2c1CCCOc1cccc2ccccc12. The molecule has 3 aromatic carbocycles. The van der Waals surface area contributed by atoms with Crippen molar-refractivity contribution in [2.24, 2.45) is 7.05 Å². The fourth-order valence-electron chi connectivity index (χ4n) is 7.55. The number of likely N-dealkylation sites (tertiary alicyclic amines) is 1. The number of benzene rings is 3. The first-order valence-corrected chi connectivity index (χ1v) is 21.1. The lowest BCUT2D eigenvalue weighted by atomic mass is 9.97. The smallest absolute Gasteiger partial charge is 0.355 e. The second-order valence-corrected chi connectivity index (χ2v) is 16.1. The van der Waals surface area contributed by atoms with Crippen molar-refractivity contribution in [2.45, 2.75) is 65.3 Å². The van der Waals surface area contributed by atoms with Gasteiger partial charge in [-0.1, -0.05) is 61.5 Å². The molecule has 1 aliphatic heterocycles. The average Bonchev–Trinajstić information content (AvgIpc) is 3.85. The van der Waals surface area contributed by atoms with Gasteiger partial charge in [0.05, 0.1) is 36.7 Å². The van der Waals surface area contributed by atoms with E-state index in [-0.39, 0.29) is 37.2 Å². The average molecular weight is 776 g/mol. The van der Waals surface area contributed by atoms with Crippen molar-refractivity contribution < 1.29 is 27.5 Å². The number of amides is 1. The van der Waals surface area contributed by atoms with Crippen molar-refractivity contribution in [2.75, 3.05) is 44.5 Å². The highest BCUT2D eigenvalue weighted by Gasteiger charge is 2.29. The zero-order chi connectivity index (χ0) is 38.2. The first kappa shape index (κ1) is 39.3. The number of fused-ring (bicyclic) bond motifs is 2. The van der Waals surface area contributed by atoms with Crippen LogP contribution in [0, 0.1) is 0 Å². The molecule has 1 fully saturated rings.